The predicted octanol–water partition coefficient (Wildman–Crippen LogP) is 4.62. The van der Waals surface area contributed by atoms with Gasteiger partial charge in [-0.05, 0) is 53.4 Å². The molecule has 7 nitrogen and oxygen atoms in total. The van der Waals surface area contributed by atoms with E-state index in [1.54, 1.807) is 18.2 Å². The normalized spacial score (nSPS) is 15.0. The van der Waals surface area contributed by atoms with Crippen LogP contribution in [0.4, 0.5) is 0 Å². The molecule has 3 aromatic carbocycles. The van der Waals surface area contributed by atoms with E-state index in [0.29, 0.717) is 60.6 Å². The summed E-state index contributed by atoms with van der Waals surface area (Å²) < 4.78 is 33.9. The van der Waals surface area contributed by atoms with E-state index in [0.717, 1.165) is 23.1 Å². The highest BCUT2D eigenvalue weighted by Crippen LogP contribution is 2.26. The van der Waals surface area contributed by atoms with Crippen LogP contribution >= 0.6 is 11.6 Å². The van der Waals surface area contributed by atoms with Crippen LogP contribution in [0.15, 0.2) is 71.6 Å². The van der Waals surface area contributed by atoms with Crippen LogP contribution in [0.5, 0.6) is 5.75 Å². The number of carbonyl (C=O) groups is 1. The number of hydrogen-bond donors (Lipinski definition) is 1. The van der Waals surface area contributed by atoms with Crippen molar-refractivity contribution in [2.45, 2.75) is 37.8 Å². The number of carboxylic acids is 1. The molecule has 0 unspecified atom stereocenters. The van der Waals surface area contributed by atoms with E-state index in [9.17, 15) is 18.3 Å². The highest BCUT2D eigenvalue weighted by molar-refractivity contribution is 7.89. The van der Waals surface area contributed by atoms with E-state index in [4.69, 9.17) is 16.3 Å². The molecule has 0 spiro atoms. The monoisotopic (exact) mass is 542 g/mol. The van der Waals surface area contributed by atoms with Crippen LogP contribution in [-0.2, 0) is 40.8 Å². The van der Waals surface area contributed by atoms with Gasteiger partial charge >= 0.3 is 5.97 Å². The number of sulfonamides is 1. The number of rotatable bonds is 10. The van der Waals surface area contributed by atoms with E-state index in [1.807, 2.05) is 55.5 Å². The summed E-state index contributed by atoms with van der Waals surface area (Å²) in [5.74, 6) is -0.221. The average Bonchev–Trinajstić information content (AvgIpc) is 2.89. The number of aliphatic carboxylic acids is 1. The summed E-state index contributed by atoms with van der Waals surface area (Å²) >= 11 is 5.97. The molecular formula is C28H31ClN2O5S. The quantitative estimate of drug-likeness (QED) is 0.402. The van der Waals surface area contributed by atoms with Crippen LogP contribution in [0.3, 0.4) is 0 Å². The SMILES string of the molecule is CCc1ccc(S(=O)(=O)N2CCN(Cc3cc(CC(=O)O)ccc3OCc3ccc(Cl)cc3)CC2)cc1. The highest BCUT2D eigenvalue weighted by atomic mass is 35.5. The third-order valence-electron chi connectivity index (χ3n) is 6.48. The molecule has 37 heavy (non-hydrogen) atoms. The first-order valence-corrected chi connectivity index (χ1v) is 14.1. The average molecular weight is 543 g/mol. The summed E-state index contributed by atoms with van der Waals surface area (Å²) in [6.45, 7) is 4.81. The van der Waals surface area contributed by atoms with E-state index in [2.05, 4.69) is 4.90 Å². The summed E-state index contributed by atoms with van der Waals surface area (Å²) in [7, 11) is -3.55. The smallest absolute Gasteiger partial charge is 0.307 e. The maximum absolute atomic E-state index is 13.1. The van der Waals surface area contributed by atoms with Crippen molar-refractivity contribution in [1.29, 1.82) is 0 Å². The second kappa shape index (κ2) is 12.1. The van der Waals surface area contributed by atoms with Crippen molar-refractivity contribution in [2.75, 3.05) is 26.2 Å². The molecule has 196 valence electrons. The summed E-state index contributed by atoms with van der Waals surface area (Å²) in [4.78, 5) is 13.7. The zero-order valence-electron chi connectivity index (χ0n) is 20.8. The van der Waals surface area contributed by atoms with Gasteiger partial charge in [0, 0.05) is 43.3 Å². The molecule has 1 N–H and O–H groups in total. The Morgan fingerprint density at radius 1 is 0.919 bits per heavy atom. The number of benzene rings is 3. The minimum atomic E-state index is -3.55. The standard InChI is InChI=1S/C28H31ClN2O5S/c1-2-21-5-10-26(11-6-21)37(34,35)31-15-13-30(14-16-31)19-24-17-23(18-28(32)33)7-12-27(24)36-20-22-3-8-25(29)9-4-22/h3-12,17H,2,13-16,18-20H2,1H3,(H,32,33). The van der Waals surface area contributed by atoms with Gasteiger partial charge in [-0.1, -0.05) is 54.9 Å². The molecule has 0 aromatic heterocycles. The lowest BCUT2D eigenvalue weighted by Crippen LogP contribution is -2.48. The van der Waals surface area contributed by atoms with Crippen molar-refractivity contribution < 1.29 is 23.1 Å². The van der Waals surface area contributed by atoms with E-state index in [1.165, 1.54) is 4.31 Å². The van der Waals surface area contributed by atoms with Crippen LogP contribution in [0.1, 0.15) is 29.2 Å². The number of halogens is 1. The number of nitrogens with zero attached hydrogens (tertiary/aromatic N) is 2. The molecule has 0 bridgehead atoms. The Balaban J connectivity index is 1.44. The molecule has 0 saturated carbocycles. The van der Waals surface area contributed by atoms with Crippen LogP contribution in [0.25, 0.3) is 0 Å². The number of hydrogen-bond acceptors (Lipinski definition) is 5. The Hall–Kier alpha value is -2.91. The van der Waals surface area contributed by atoms with Crippen molar-refractivity contribution in [2.24, 2.45) is 0 Å². The van der Waals surface area contributed by atoms with Crippen molar-refractivity contribution >= 4 is 27.6 Å². The van der Waals surface area contributed by atoms with E-state index in [-0.39, 0.29) is 6.42 Å². The molecule has 1 saturated heterocycles. The lowest BCUT2D eigenvalue weighted by molar-refractivity contribution is -0.136. The molecule has 1 fully saturated rings. The molecule has 1 heterocycles. The van der Waals surface area contributed by atoms with Gasteiger partial charge in [0.05, 0.1) is 11.3 Å². The van der Waals surface area contributed by atoms with E-state index < -0.39 is 16.0 Å². The number of carboxylic acid groups (broad SMARTS) is 1. The van der Waals surface area contributed by atoms with Crippen LogP contribution in [-0.4, -0.2) is 54.9 Å². The third kappa shape index (κ3) is 7.11. The van der Waals surface area contributed by atoms with Gasteiger partial charge in [-0.15, -0.1) is 0 Å². The van der Waals surface area contributed by atoms with Crippen LogP contribution < -0.4 is 4.74 Å². The summed E-state index contributed by atoms with van der Waals surface area (Å²) in [5, 5.41) is 9.89. The van der Waals surface area contributed by atoms with Crippen molar-refractivity contribution in [3.63, 3.8) is 0 Å². The summed E-state index contributed by atoms with van der Waals surface area (Å²) in [6, 6.07) is 19.9. The maximum Gasteiger partial charge on any atom is 0.307 e. The topological polar surface area (TPSA) is 87.2 Å². The molecular weight excluding hydrogens is 512 g/mol. The fourth-order valence-corrected chi connectivity index (χ4v) is 5.89. The Kier molecular flexibility index (Phi) is 8.87. The first kappa shape index (κ1) is 27.1. The zero-order chi connectivity index (χ0) is 26.4. The van der Waals surface area contributed by atoms with Gasteiger partial charge in [0.1, 0.15) is 12.4 Å². The minimum absolute atomic E-state index is 0.0761. The van der Waals surface area contributed by atoms with Gasteiger partial charge in [0.15, 0.2) is 0 Å². The molecule has 0 aliphatic carbocycles. The molecule has 1 aliphatic heterocycles. The second-order valence-corrected chi connectivity index (χ2v) is 11.5. The van der Waals surface area contributed by atoms with Gasteiger partial charge in [-0.2, -0.15) is 4.31 Å². The maximum atomic E-state index is 13.1. The fraction of sp³-hybridized carbons (Fsp3) is 0.321. The molecule has 1 aliphatic rings. The third-order valence-corrected chi connectivity index (χ3v) is 8.65. The summed E-state index contributed by atoms with van der Waals surface area (Å²) in [5.41, 5.74) is 3.64. The Morgan fingerprint density at radius 2 is 1.54 bits per heavy atom. The first-order valence-electron chi connectivity index (χ1n) is 12.3. The lowest BCUT2D eigenvalue weighted by atomic mass is 10.1. The van der Waals surface area contributed by atoms with Gasteiger partial charge in [0.25, 0.3) is 0 Å². The summed E-state index contributed by atoms with van der Waals surface area (Å²) in [6.07, 6.45) is 0.783. The molecule has 0 atom stereocenters. The predicted molar refractivity (Wildman–Crippen MR) is 143 cm³/mol. The molecule has 3 aromatic rings. The highest BCUT2D eigenvalue weighted by Gasteiger charge is 2.28. The fourth-order valence-electron chi connectivity index (χ4n) is 4.34. The van der Waals surface area contributed by atoms with Crippen molar-refractivity contribution in [3.8, 4) is 5.75 Å². The zero-order valence-corrected chi connectivity index (χ0v) is 22.3. The largest absolute Gasteiger partial charge is 0.489 e. The Labute approximate surface area is 223 Å². The Morgan fingerprint density at radius 3 is 2.16 bits per heavy atom. The van der Waals surface area contributed by atoms with E-state index >= 15 is 0 Å². The molecule has 0 amide bonds. The lowest BCUT2D eigenvalue weighted by Gasteiger charge is -2.34. The molecule has 9 heteroatoms. The van der Waals surface area contributed by atoms with Gasteiger partial charge in [-0.25, -0.2) is 8.42 Å². The van der Waals surface area contributed by atoms with Gasteiger partial charge in [0.2, 0.25) is 10.0 Å². The first-order chi connectivity index (χ1) is 17.7. The van der Waals surface area contributed by atoms with Crippen molar-refractivity contribution in [3.05, 3.63) is 94.0 Å². The van der Waals surface area contributed by atoms with Crippen molar-refractivity contribution in [1.82, 2.24) is 9.21 Å². The minimum Gasteiger partial charge on any atom is -0.489 e. The Bertz CT molecular complexity index is 1320. The van der Waals surface area contributed by atoms with Crippen LogP contribution in [0, 0.1) is 0 Å². The molecule has 0 radical (unpaired) electrons. The van der Waals surface area contributed by atoms with Crippen LogP contribution in [0.2, 0.25) is 5.02 Å². The second-order valence-electron chi connectivity index (χ2n) is 9.11. The number of piperazine rings is 1. The van der Waals surface area contributed by atoms with Gasteiger partial charge in [-0.3, -0.25) is 9.69 Å². The van der Waals surface area contributed by atoms with Gasteiger partial charge < -0.3 is 9.84 Å². The number of ether oxygens (including phenoxy) is 1. The number of aryl methyl sites for hydroxylation is 1. The molecule has 4 rings (SSSR count).